The molecule has 0 amide bonds. The van der Waals surface area contributed by atoms with Crippen LogP contribution in [0.4, 0.5) is 0 Å². The Labute approximate surface area is 190 Å². The van der Waals surface area contributed by atoms with Gasteiger partial charge in [-0.05, 0) is 12.8 Å². The fourth-order valence-corrected chi connectivity index (χ4v) is 3.44. The van der Waals surface area contributed by atoms with Crippen molar-refractivity contribution in [1.29, 1.82) is 0 Å². The topological polar surface area (TPSA) is 115 Å². The molecule has 0 radical (unpaired) electrons. The number of unbranched alkanes of at least 4 members (excludes halogenated alkanes) is 13. The fraction of sp³-hybridized carbons (Fsp3) is 0.920. The molecular formula is C25H50O6. The van der Waals surface area contributed by atoms with Gasteiger partial charge in [0.15, 0.2) is 0 Å². The molecule has 2 atom stereocenters. The Morgan fingerprint density at radius 3 is 1.13 bits per heavy atom. The van der Waals surface area contributed by atoms with Gasteiger partial charge in [0.25, 0.3) is 0 Å². The Hall–Kier alpha value is -1.14. The predicted molar refractivity (Wildman–Crippen MR) is 126 cm³/mol. The van der Waals surface area contributed by atoms with Crippen molar-refractivity contribution in [2.75, 3.05) is 0 Å². The maximum Gasteiger partial charge on any atom is 0.305 e. The minimum atomic E-state index is -0.927. The Bertz CT molecular complexity index is 399. The predicted octanol–water partition coefficient (Wildman–Crippen LogP) is 6.32. The molecule has 0 bridgehead atoms. The molecule has 0 saturated heterocycles. The van der Waals surface area contributed by atoms with Crippen molar-refractivity contribution in [2.24, 2.45) is 0 Å². The van der Waals surface area contributed by atoms with Crippen LogP contribution in [0.3, 0.4) is 0 Å². The molecule has 0 fully saturated rings. The van der Waals surface area contributed by atoms with Crippen LogP contribution in [-0.4, -0.2) is 44.6 Å². The highest BCUT2D eigenvalue weighted by Gasteiger charge is 2.08. The van der Waals surface area contributed by atoms with E-state index in [1.165, 1.54) is 70.6 Å². The van der Waals surface area contributed by atoms with Crippen molar-refractivity contribution >= 4 is 11.9 Å². The molecule has 0 aliphatic carbocycles. The second kappa shape index (κ2) is 25.1. The average molecular weight is 447 g/mol. The van der Waals surface area contributed by atoms with Gasteiger partial charge in [0, 0.05) is 0 Å². The summed E-state index contributed by atoms with van der Waals surface area (Å²) in [6, 6.07) is 0. The van der Waals surface area contributed by atoms with E-state index >= 15 is 0 Å². The number of aliphatic hydroxyl groups is 2. The van der Waals surface area contributed by atoms with Gasteiger partial charge in [-0.2, -0.15) is 0 Å². The summed E-state index contributed by atoms with van der Waals surface area (Å²) in [5.41, 5.74) is 0. The summed E-state index contributed by atoms with van der Waals surface area (Å²) in [6.45, 7) is 4.26. The minimum absolute atomic E-state index is 0.113. The standard InChI is InChI=1S/C18H36O3.C7H14O3/c1-2-3-4-5-6-7-8-9-10-11-12-13-14-15-17(19)16-18(20)21;1-2-3-4-6(8)5-7(9)10/h17,19H,2-16H2,1H3,(H,20,21);6,8H,2-5H2,1H3,(H,9,10). The highest BCUT2D eigenvalue weighted by atomic mass is 16.4. The normalized spacial score (nSPS) is 12.6. The number of hydrogen-bond acceptors (Lipinski definition) is 4. The molecule has 31 heavy (non-hydrogen) atoms. The second-order valence-corrected chi connectivity index (χ2v) is 8.68. The molecule has 0 aliphatic rings. The van der Waals surface area contributed by atoms with Gasteiger partial charge < -0.3 is 20.4 Å². The van der Waals surface area contributed by atoms with E-state index in [-0.39, 0.29) is 12.8 Å². The van der Waals surface area contributed by atoms with Gasteiger partial charge >= 0.3 is 11.9 Å². The van der Waals surface area contributed by atoms with Crippen LogP contribution in [0.1, 0.15) is 136 Å². The fourth-order valence-electron chi connectivity index (χ4n) is 3.44. The third-order valence-electron chi connectivity index (χ3n) is 5.35. The quantitative estimate of drug-likeness (QED) is 0.153. The Morgan fingerprint density at radius 1 is 0.516 bits per heavy atom. The number of carbonyl (C=O) groups is 2. The van der Waals surface area contributed by atoms with Crippen LogP contribution in [0.5, 0.6) is 0 Å². The van der Waals surface area contributed by atoms with E-state index in [9.17, 15) is 14.7 Å². The van der Waals surface area contributed by atoms with E-state index in [0.29, 0.717) is 12.8 Å². The van der Waals surface area contributed by atoms with Gasteiger partial charge in [-0.15, -0.1) is 0 Å². The zero-order chi connectivity index (χ0) is 23.7. The maximum absolute atomic E-state index is 10.4. The first-order valence-corrected chi connectivity index (χ1v) is 12.6. The van der Waals surface area contributed by atoms with Crippen LogP contribution < -0.4 is 0 Å². The summed E-state index contributed by atoms with van der Waals surface area (Å²) < 4.78 is 0. The number of hydrogen-bond donors (Lipinski definition) is 4. The highest BCUT2D eigenvalue weighted by molar-refractivity contribution is 5.67. The van der Waals surface area contributed by atoms with Crippen molar-refractivity contribution in [1.82, 2.24) is 0 Å². The molecule has 4 N–H and O–H groups in total. The number of rotatable bonds is 21. The molecule has 0 rings (SSSR count). The van der Waals surface area contributed by atoms with E-state index in [2.05, 4.69) is 6.92 Å². The summed E-state index contributed by atoms with van der Waals surface area (Å²) in [6.07, 6.45) is 18.5. The largest absolute Gasteiger partial charge is 0.481 e. The lowest BCUT2D eigenvalue weighted by molar-refractivity contribution is -0.140. The summed E-state index contributed by atoms with van der Waals surface area (Å²) in [5, 5.41) is 35.1. The summed E-state index contributed by atoms with van der Waals surface area (Å²) in [4.78, 5) is 20.4. The van der Waals surface area contributed by atoms with Crippen molar-refractivity contribution in [3.63, 3.8) is 0 Å². The molecule has 2 unspecified atom stereocenters. The summed E-state index contributed by atoms with van der Waals surface area (Å²) in [7, 11) is 0. The Balaban J connectivity index is 0. The van der Waals surface area contributed by atoms with Gasteiger partial charge in [-0.25, -0.2) is 0 Å². The van der Waals surface area contributed by atoms with Gasteiger partial charge in [0.1, 0.15) is 0 Å². The molecule has 0 aromatic carbocycles. The number of carboxylic acid groups (broad SMARTS) is 2. The molecule has 0 heterocycles. The van der Waals surface area contributed by atoms with Crippen molar-refractivity contribution in [2.45, 2.75) is 148 Å². The van der Waals surface area contributed by atoms with E-state index in [4.69, 9.17) is 15.3 Å². The SMILES string of the molecule is CCCCC(O)CC(=O)O.CCCCCCCCCCCCCCCC(O)CC(=O)O. The van der Waals surface area contributed by atoms with Crippen LogP contribution in [0.15, 0.2) is 0 Å². The van der Waals surface area contributed by atoms with Gasteiger partial charge in [-0.3, -0.25) is 9.59 Å². The molecular weight excluding hydrogens is 396 g/mol. The molecule has 6 heteroatoms. The molecule has 0 aromatic rings. The van der Waals surface area contributed by atoms with E-state index in [1.54, 1.807) is 0 Å². The van der Waals surface area contributed by atoms with Crippen LogP contribution >= 0.6 is 0 Å². The third-order valence-corrected chi connectivity index (χ3v) is 5.35. The molecule has 0 spiro atoms. The first kappa shape index (κ1) is 32.0. The van der Waals surface area contributed by atoms with Crippen molar-refractivity contribution in [3.8, 4) is 0 Å². The highest BCUT2D eigenvalue weighted by Crippen LogP contribution is 2.13. The van der Waals surface area contributed by atoms with Crippen LogP contribution in [0, 0.1) is 0 Å². The van der Waals surface area contributed by atoms with Crippen LogP contribution in [0.25, 0.3) is 0 Å². The first-order valence-electron chi connectivity index (χ1n) is 12.6. The van der Waals surface area contributed by atoms with Crippen LogP contribution in [0.2, 0.25) is 0 Å². The van der Waals surface area contributed by atoms with E-state index < -0.39 is 24.1 Å². The molecule has 186 valence electrons. The number of aliphatic carboxylic acids is 2. The Morgan fingerprint density at radius 2 is 0.806 bits per heavy atom. The van der Waals surface area contributed by atoms with Crippen molar-refractivity contribution < 1.29 is 30.0 Å². The van der Waals surface area contributed by atoms with E-state index in [0.717, 1.165) is 25.7 Å². The van der Waals surface area contributed by atoms with Gasteiger partial charge in [-0.1, -0.05) is 110 Å². The first-order chi connectivity index (χ1) is 14.8. The monoisotopic (exact) mass is 446 g/mol. The summed E-state index contributed by atoms with van der Waals surface area (Å²) >= 11 is 0. The third kappa shape index (κ3) is 31.1. The zero-order valence-corrected chi connectivity index (χ0v) is 20.2. The van der Waals surface area contributed by atoms with Crippen molar-refractivity contribution in [3.05, 3.63) is 0 Å². The average Bonchev–Trinajstić information content (AvgIpc) is 2.69. The number of carboxylic acids is 2. The molecule has 0 aromatic heterocycles. The second-order valence-electron chi connectivity index (χ2n) is 8.68. The molecule has 6 nitrogen and oxygen atoms in total. The zero-order valence-electron chi connectivity index (χ0n) is 20.2. The van der Waals surface area contributed by atoms with Gasteiger partial charge in [0.05, 0.1) is 25.0 Å². The lowest BCUT2D eigenvalue weighted by atomic mass is 10.0. The smallest absolute Gasteiger partial charge is 0.305 e. The van der Waals surface area contributed by atoms with Crippen LogP contribution in [-0.2, 0) is 9.59 Å². The van der Waals surface area contributed by atoms with E-state index in [1.807, 2.05) is 6.92 Å². The lowest BCUT2D eigenvalue weighted by Crippen LogP contribution is -2.12. The summed E-state index contributed by atoms with van der Waals surface area (Å²) in [5.74, 6) is -1.83. The minimum Gasteiger partial charge on any atom is -0.481 e. The Kier molecular flexibility index (Phi) is 26.0. The lowest BCUT2D eigenvalue weighted by Gasteiger charge is -2.07. The van der Waals surface area contributed by atoms with Gasteiger partial charge in [0.2, 0.25) is 0 Å². The molecule has 0 saturated carbocycles. The number of aliphatic hydroxyl groups excluding tert-OH is 2. The maximum atomic E-state index is 10.4. The molecule has 0 aliphatic heterocycles.